The van der Waals surface area contributed by atoms with Crippen molar-refractivity contribution < 1.29 is 8.42 Å². The zero-order chi connectivity index (χ0) is 12.7. The lowest BCUT2D eigenvalue weighted by molar-refractivity contribution is 0.558. The van der Waals surface area contributed by atoms with Crippen molar-refractivity contribution in [3.8, 4) is 0 Å². The molecule has 0 atom stereocenters. The molecule has 1 N–H and O–H groups in total. The highest BCUT2D eigenvalue weighted by atomic mass is 32.2. The van der Waals surface area contributed by atoms with Crippen molar-refractivity contribution in [2.24, 2.45) is 0 Å². The predicted octanol–water partition coefficient (Wildman–Crippen LogP) is 1.07. The fourth-order valence-corrected chi connectivity index (χ4v) is 2.97. The van der Waals surface area contributed by atoms with Gasteiger partial charge in [0.2, 0.25) is 0 Å². The normalized spacial score (nSPS) is 17.4. The smallest absolute Gasteiger partial charge is 0.159 e. The Balaban J connectivity index is 2.11. The van der Waals surface area contributed by atoms with Crippen LogP contribution in [0.25, 0.3) is 0 Å². The van der Waals surface area contributed by atoms with Crippen LogP contribution in [0.2, 0.25) is 0 Å². The molecule has 0 bridgehead atoms. The maximum absolute atomic E-state index is 11.7. The van der Waals surface area contributed by atoms with Gasteiger partial charge < -0.3 is 5.32 Å². The molecule has 1 aliphatic rings. The molecule has 2 rings (SSSR count). The van der Waals surface area contributed by atoms with Crippen LogP contribution >= 0.6 is 11.3 Å². The summed E-state index contributed by atoms with van der Waals surface area (Å²) < 4.78 is 22.4. The lowest BCUT2D eigenvalue weighted by Crippen LogP contribution is -2.27. The molecule has 1 saturated carbocycles. The van der Waals surface area contributed by atoms with Crippen LogP contribution in [0.15, 0.2) is 0 Å². The summed E-state index contributed by atoms with van der Waals surface area (Å²) in [7, 11) is -3.17. The van der Waals surface area contributed by atoms with Gasteiger partial charge in [0.1, 0.15) is 14.8 Å². The van der Waals surface area contributed by atoms with Crippen LogP contribution in [0.1, 0.15) is 36.7 Å². The van der Waals surface area contributed by atoms with E-state index in [0.717, 1.165) is 5.01 Å². The summed E-state index contributed by atoms with van der Waals surface area (Å²) in [5.74, 6) is 0. The Morgan fingerprint density at radius 3 is 2.59 bits per heavy atom. The number of aromatic nitrogens is 2. The van der Waals surface area contributed by atoms with Gasteiger partial charge in [0.25, 0.3) is 0 Å². The lowest BCUT2D eigenvalue weighted by Gasteiger charge is -2.18. The Hall–Kier alpha value is -0.530. The van der Waals surface area contributed by atoms with E-state index in [-0.39, 0.29) is 0 Å². The monoisotopic (exact) mass is 275 g/mol. The van der Waals surface area contributed by atoms with Gasteiger partial charge in [-0.3, -0.25) is 0 Å². The molecule has 0 aliphatic heterocycles. The Morgan fingerprint density at radius 2 is 2.06 bits per heavy atom. The third kappa shape index (κ3) is 2.83. The highest BCUT2D eigenvalue weighted by Crippen LogP contribution is 2.31. The number of nitrogens with zero attached hydrogens (tertiary/aromatic N) is 2. The summed E-state index contributed by atoms with van der Waals surface area (Å²) in [5, 5.41) is 12.8. The summed E-state index contributed by atoms with van der Waals surface area (Å²) >= 11 is 1.37. The van der Waals surface area contributed by atoms with Crippen molar-refractivity contribution in [3.63, 3.8) is 0 Å². The lowest BCUT2D eigenvalue weighted by atomic mass is 10.2. The first-order valence-electron chi connectivity index (χ1n) is 5.56. The van der Waals surface area contributed by atoms with Crippen LogP contribution in [0, 0.1) is 0 Å². The average molecular weight is 275 g/mol. The molecule has 0 amide bonds. The van der Waals surface area contributed by atoms with Crippen molar-refractivity contribution in [3.05, 3.63) is 10.0 Å². The second-order valence-corrected chi connectivity index (χ2v) is 8.57. The highest BCUT2D eigenvalue weighted by molar-refractivity contribution is 7.91. The first kappa shape index (κ1) is 12.9. The van der Waals surface area contributed by atoms with Crippen LogP contribution in [0.4, 0.5) is 0 Å². The third-order valence-corrected chi connectivity index (χ3v) is 6.45. The Morgan fingerprint density at radius 1 is 1.41 bits per heavy atom. The molecular formula is C10H17N3O2S2. The van der Waals surface area contributed by atoms with E-state index in [9.17, 15) is 8.42 Å². The Labute approximate surface area is 106 Å². The van der Waals surface area contributed by atoms with E-state index in [2.05, 4.69) is 15.5 Å². The number of nitrogens with one attached hydrogen (secondary N) is 1. The van der Waals surface area contributed by atoms with Gasteiger partial charge in [0.15, 0.2) is 9.84 Å². The fourth-order valence-electron chi connectivity index (χ4n) is 1.25. The largest absolute Gasteiger partial charge is 0.308 e. The number of rotatable bonds is 5. The van der Waals surface area contributed by atoms with Gasteiger partial charge in [-0.2, -0.15) is 0 Å². The van der Waals surface area contributed by atoms with E-state index in [1.807, 2.05) is 0 Å². The molecule has 96 valence electrons. The van der Waals surface area contributed by atoms with Gasteiger partial charge in [-0.1, -0.05) is 11.3 Å². The summed E-state index contributed by atoms with van der Waals surface area (Å²) in [5.41, 5.74) is 0. The minimum Gasteiger partial charge on any atom is -0.308 e. The van der Waals surface area contributed by atoms with Crippen molar-refractivity contribution in [1.82, 2.24) is 15.5 Å². The predicted molar refractivity (Wildman–Crippen MR) is 67.6 cm³/mol. The molecule has 17 heavy (non-hydrogen) atoms. The SMILES string of the molecule is CC(C)(c1nnc(CNC2CC2)s1)S(C)(=O)=O. The van der Waals surface area contributed by atoms with Crippen LogP contribution in [-0.4, -0.2) is 30.9 Å². The second kappa shape index (κ2) is 4.29. The second-order valence-electron chi connectivity index (χ2n) is 4.94. The molecule has 1 aliphatic carbocycles. The molecule has 1 aromatic rings. The first-order chi connectivity index (χ1) is 7.80. The quantitative estimate of drug-likeness (QED) is 0.870. The summed E-state index contributed by atoms with van der Waals surface area (Å²) in [6, 6.07) is 0.616. The molecule has 1 heterocycles. The van der Waals surface area contributed by atoms with Gasteiger partial charge in [0, 0.05) is 18.8 Å². The van der Waals surface area contributed by atoms with Crippen molar-refractivity contribution in [1.29, 1.82) is 0 Å². The standard InChI is InChI=1S/C10H17N3O2S2/c1-10(2,17(3,14)15)9-13-12-8(16-9)6-11-7-4-5-7/h7,11H,4-6H2,1-3H3. The van der Waals surface area contributed by atoms with Crippen molar-refractivity contribution in [2.75, 3.05) is 6.26 Å². The van der Waals surface area contributed by atoms with Crippen molar-refractivity contribution >= 4 is 21.2 Å². The zero-order valence-electron chi connectivity index (χ0n) is 10.2. The minimum atomic E-state index is -3.17. The van der Waals surface area contributed by atoms with Crippen LogP contribution < -0.4 is 5.32 Å². The fraction of sp³-hybridized carbons (Fsp3) is 0.800. The Bertz CT molecular complexity index is 503. The molecule has 0 saturated heterocycles. The molecule has 0 aromatic carbocycles. The molecule has 0 spiro atoms. The maximum Gasteiger partial charge on any atom is 0.159 e. The first-order valence-corrected chi connectivity index (χ1v) is 8.27. The van der Waals surface area contributed by atoms with E-state index in [0.29, 0.717) is 17.6 Å². The van der Waals surface area contributed by atoms with Gasteiger partial charge in [0.05, 0.1) is 0 Å². The van der Waals surface area contributed by atoms with Crippen molar-refractivity contribution in [2.45, 2.75) is 44.0 Å². The van der Waals surface area contributed by atoms with E-state index < -0.39 is 14.6 Å². The summed E-state index contributed by atoms with van der Waals surface area (Å²) in [4.78, 5) is 0. The molecule has 0 unspecified atom stereocenters. The van der Waals surface area contributed by atoms with E-state index in [4.69, 9.17) is 0 Å². The van der Waals surface area contributed by atoms with Gasteiger partial charge in [-0.05, 0) is 26.7 Å². The molecule has 0 radical (unpaired) electrons. The minimum absolute atomic E-state index is 0.563. The molecule has 1 aromatic heterocycles. The molecule has 5 nitrogen and oxygen atoms in total. The third-order valence-electron chi connectivity index (χ3n) is 3.03. The highest BCUT2D eigenvalue weighted by Gasteiger charge is 2.36. The number of sulfone groups is 1. The van der Waals surface area contributed by atoms with E-state index >= 15 is 0 Å². The maximum atomic E-state index is 11.7. The summed E-state index contributed by atoms with van der Waals surface area (Å²) in [6.45, 7) is 4.02. The molecular weight excluding hydrogens is 258 g/mol. The number of hydrogen-bond acceptors (Lipinski definition) is 6. The van der Waals surface area contributed by atoms with Gasteiger partial charge in [-0.15, -0.1) is 10.2 Å². The van der Waals surface area contributed by atoms with Crippen LogP contribution in [0.3, 0.4) is 0 Å². The van der Waals surface area contributed by atoms with Crippen LogP contribution in [0.5, 0.6) is 0 Å². The summed E-state index contributed by atoms with van der Waals surface area (Å²) in [6.07, 6.45) is 3.68. The average Bonchev–Trinajstić information content (AvgIpc) is 2.90. The number of hydrogen-bond donors (Lipinski definition) is 1. The zero-order valence-corrected chi connectivity index (χ0v) is 11.9. The molecule has 7 heteroatoms. The topological polar surface area (TPSA) is 72.0 Å². The van der Waals surface area contributed by atoms with Crippen LogP contribution in [-0.2, 0) is 21.1 Å². The van der Waals surface area contributed by atoms with E-state index in [1.54, 1.807) is 13.8 Å². The van der Waals surface area contributed by atoms with Gasteiger partial charge in [-0.25, -0.2) is 8.42 Å². The Kier molecular flexibility index (Phi) is 3.26. The molecule has 1 fully saturated rings. The van der Waals surface area contributed by atoms with Gasteiger partial charge >= 0.3 is 0 Å². The van der Waals surface area contributed by atoms with E-state index in [1.165, 1.54) is 30.4 Å².